The highest BCUT2D eigenvalue weighted by atomic mass is 19.4. The van der Waals surface area contributed by atoms with Gasteiger partial charge in [0.1, 0.15) is 18.1 Å². The van der Waals surface area contributed by atoms with Gasteiger partial charge in [-0.25, -0.2) is 9.97 Å². The van der Waals surface area contributed by atoms with Crippen molar-refractivity contribution >= 4 is 23.5 Å². The number of halogens is 3. The molecule has 3 aliphatic rings. The second kappa shape index (κ2) is 11.1. The molecule has 3 aromatic rings. The normalized spacial score (nSPS) is 19.0. The number of para-hydroxylation sites is 1. The number of methoxy groups -OCH3 is 1. The molecule has 1 fully saturated rings. The van der Waals surface area contributed by atoms with Crippen LogP contribution in [0.4, 0.5) is 24.8 Å². The fourth-order valence-electron chi connectivity index (χ4n) is 6.23. The zero-order valence-corrected chi connectivity index (χ0v) is 24.0. The predicted octanol–water partition coefficient (Wildman–Crippen LogP) is 5.43. The van der Waals surface area contributed by atoms with Crippen LogP contribution in [0.5, 0.6) is 11.5 Å². The van der Waals surface area contributed by atoms with E-state index in [9.17, 15) is 22.8 Å². The molecule has 9 nitrogen and oxygen atoms in total. The van der Waals surface area contributed by atoms with E-state index in [0.717, 1.165) is 47.8 Å². The lowest BCUT2D eigenvalue weighted by molar-refractivity contribution is -0.171. The van der Waals surface area contributed by atoms with Crippen LogP contribution >= 0.6 is 0 Å². The van der Waals surface area contributed by atoms with Crippen LogP contribution in [0, 0.1) is 13.8 Å². The number of carbonyl (C=O) groups is 2. The number of ether oxygens (including phenoxy) is 3. The third-order valence-corrected chi connectivity index (χ3v) is 8.28. The topological polar surface area (TPSA) is 94.1 Å². The van der Waals surface area contributed by atoms with Gasteiger partial charge in [-0.1, -0.05) is 24.3 Å². The summed E-state index contributed by atoms with van der Waals surface area (Å²) in [5.41, 5.74) is 4.00. The molecule has 0 aliphatic carbocycles. The van der Waals surface area contributed by atoms with E-state index in [-0.39, 0.29) is 31.2 Å². The standard InChI is InChI=1S/C31H31F3N4O5/c1-17-27(18(2)36-30(35-17)37-11-4-5-12-37)23-8-6-7-22-24(16-43-28(22)23)38(29(40)31(32,33)34)20-9-10-21-19(13-26(39)41-3)15-42-25(21)14-20/h6-10,14,19,24H,4-5,11-13,15-16H2,1-3H3/t19-,24-/m1/s1. The van der Waals surface area contributed by atoms with Crippen molar-refractivity contribution < 1.29 is 37.0 Å². The highest BCUT2D eigenvalue weighted by Crippen LogP contribution is 2.47. The lowest BCUT2D eigenvalue weighted by Crippen LogP contribution is -2.44. The minimum Gasteiger partial charge on any atom is -0.493 e. The highest BCUT2D eigenvalue weighted by Gasteiger charge is 2.48. The number of benzene rings is 2. The van der Waals surface area contributed by atoms with Gasteiger partial charge in [0, 0.05) is 53.0 Å². The molecule has 1 aromatic heterocycles. The molecule has 0 spiro atoms. The van der Waals surface area contributed by atoms with Crippen molar-refractivity contribution in [3.63, 3.8) is 0 Å². The van der Waals surface area contributed by atoms with Crippen molar-refractivity contribution in [3.05, 3.63) is 58.9 Å². The van der Waals surface area contributed by atoms with Gasteiger partial charge in [0.05, 0.1) is 37.6 Å². The van der Waals surface area contributed by atoms with E-state index in [4.69, 9.17) is 24.2 Å². The minimum atomic E-state index is -5.14. The molecule has 2 atom stereocenters. The van der Waals surface area contributed by atoms with Crippen LogP contribution in [0.25, 0.3) is 11.1 Å². The molecular formula is C31H31F3N4O5. The fraction of sp³-hybridized carbons (Fsp3) is 0.419. The van der Waals surface area contributed by atoms with Crippen molar-refractivity contribution in [2.24, 2.45) is 0 Å². The fourth-order valence-corrected chi connectivity index (χ4v) is 6.23. The van der Waals surface area contributed by atoms with Crippen LogP contribution in [0.3, 0.4) is 0 Å². The molecule has 6 rings (SSSR count). The lowest BCUT2D eigenvalue weighted by Gasteiger charge is -2.29. The number of amides is 1. The number of carbonyl (C=O) groups excluding carboxylic acids is 2. The third kappa shape index (κ3) is 5.23. The van der Waals surface area contributed by atoms with E-state index in [1.165, 1.54) is 19.2 Å². The Morgan fingerprint density at radius 2 is 1.74 bits per heavy atom. The maximum Gasteiger partial charge on any atom is 0.471 e. The van der Waals surface area contributed by atoms with Crippen LogP contribution in [-0.2, 0) is 14.3 Å². The summed E-state index contributed by atoms with van der Waals surface area (Å²) in [5, 5.41) is 0. The van der Waals surface area contributed by atoms with Crippen molar-refractivity contribution in [1.82, 2.24) is 9.97 Å². The van der Waals surface area contributed by atoms with Crippen molar-refractivity contribution in [3.8, 4) is 22.6 Å². The number of aromatic nitrogens is 2. The van der Waals surface area contributed by atoms with Gasteiger partial charge in [-0.2, -0.15) is 13.2 Å². The molecular weight excluding hydrogens is 565 g/mol. The molecule has 3 aliphatic heterocycles. The van der Waals surface area contributed by atoms with E-state index in [0.29, 0.717) is 34.1 Å². The first kappa shape index (κ1) is 28.8. The van der Waals surface area contributed by atoms with Crippen LogP contribution in [0.2, 0.25) is 0 Å². The largest absolute Gasteiger partial charge is 0.493 e. The molecule has 12 heteroatoms. The van der Waals surface area contributed by atoms with Crippen molar-refractivity contribution in [2.45, 2.75) is 51.2 Å². The summed E-state index contributed by atoms with van der Waals surface area (Å²) in [6.07, 6.45) is -2.90. The van der Waals surface area contributed by atoms with E-state index in [2.05, 4.69) is 4.90 Å². The van der Waals surface area contributed by atoms with Gasteiger partial charge in [-0.15, -0.1) is 0 Å². The van der Waals surface area contributed by atoms with Crippen molar-refractivity contribution in [2.75, 3.05) is 43.2 Å². The van der Waals surface area contributed by atoms with Crippen LogP contribution < -0.4 is 19.3 Å². The molecule has 0 saturated carbocycles. The zero-order valence-electron chi connectivity index (χ0n) is 24.0. The Bertz CT molecular complexity index is 1570. The summed E-state index contributed by atoms with van der Waals surface area (Å²) in [6.45, 7) is 5.55. The average molecular weight is 597 g/mol. The monoisotopic (exact) mass is 596 g/mol. The summed E-state index contributed by atoms with van der Waals surface area (Å²) < 4.78 is 58.6. The van der Waals surface area contributed by atoms with Gasteiger partial charge in [0.25, 0.3) is 0 Å². The van der Waals surface area contributed by atoms with Gasteiger partial charge >= 0.3 is 18.1 Å². The summed E-state index contributed by atoms with van der Waals surface area (Å²) in [6, 6.07) is 8.65. The average Bonchev–Trinajstić information content (AvgIpc) is 3.73. The van der Waals surface area contributed by atoms with E-state index in [1.807, 2.05) is 19.9 Å². The van der Waals surface area contributed by atoms with E-state index >= 15 is 0 Å². The Labute approximate surface area is 246 Å². The van der Waals surface area contributed by atoms with E-state index < -0.39 is 24.1 Å². The van der Waals surface area contributed by atoms with Gasteiger partial charge < -0.3 is 19.1 Å². The molecule has 226 valence electrons. The molecule has 0 N–H and O–H groups in total. The Balaban J connectivity index is 1.38. The number of alkyl halides is 3. The van der Waals surface area contributed by atoms with Crippen LogP contribution in [-0.4, -0.2) is 61.4 Å². The molecule has 1 saturated heterocycles. The number of nitrogens with zero attached hydrogens (tertiary/aromatic N) is 4. The van der Waals surface area contributed by atoms with Crippen LogP contribution in [0.15, 0.2) is 36.4 Å². The van der Waals surface area contributed by atoms with Crippen molar-refractivity contribution in [1.29, 1.82) is 0 Å². The first-order valence-electron chi connectivity index (χ1n) is 14.2. The number of hydrogen-bond acceptors (Lipinski definition) is 8. The third-order valence-electron chi connectivity index (χ3n) is 8.28. The first-order chi connectivity index (χ1) is 20.6. The number of hydrogen-bond donors (Lipinski definition) is 0. The van der Waals surface area contributed by atoms with Gasteiger partial charge in [0.15, 0.2) is 0 Å². The lowest BCUT2D eigenvalue weighted by atomic mass is 9.96. The predicted molar refractivity (Wildman–Crippen MR) is 151 cm³/mol. The zero-order chi connectivity index (χ0) is 30.5. The Hall–Kier alpha value is -4.35. The number of rotatable bonds is 6. The van der Waals surface area contributed by atoms with Gasteiger partial charge in [0.2, 0.25) is 5.95 Å². The molecule has 0 unspecified atom stereocenters. The Morgan fingerprint density at radius 3 is 2.42 bits per heavy atom. The number of fused-ring (bicyclic) bond motifs is 2. The second-order valence-corrected chi connectivity index (χ2v) is 11.0. The summed E-state index contributed by atoms with van der Waals surface area (Å²) in [5.74, 6) is -1.36. The summed E-state index contributed by atoms with van der Waals surface area (Å²) >= 11 is 0. The molecule has 1 amide bonds. The quantitative estimate of drug-likeness (QED) is 0.348. The summed E-state index contributed by atoms with van der Waals surface area (Å²) in [7, 11) is 1.29. The first-order valence-corrected chi connectivity index (χ1v) is 14.2. The molecule has 0 bridgehead atoms. The Morgan fingerprint density at radius 1 is 1.02 bits per heavy atom. The van der Waals surface area contributed by atoms with Crippen LogP contribution in [0.1, 0.15) is 53.7 Å². The molecule has 2 aromatic carbocycles. The number of anilines is 2. The van der Waals surface area contributed by atoms with E-state index in [1.54, 1.807) is 18.2 Å². The molecule has 43 heavy (non-hydrogen) atoms. The molecule has 4 heterocycles. The highest BCUT2D eigenvalue weighted by molar-refractivity contribution is 5.99. The SMILES string of the molecule is COC(=O)C[C@@H]1COc2cc(N(C(=O)C(F)(F)F)[C@@H]3COc4c(-c5c(C)nc(N6CCCC6)nc5C)cccc43)ccc21. The maximum absolute atomic E-state index is 14.0. The van der Waals surface area contributed by atoms with Gasteiger partial charge in [-0.3, -0.25) is 14.5 Å². The number of esters is 1. The smallest absolute Gasteiger partial charge is 0.471 e. The van der Waals surface area contributed by atoms with Gasteiger partial charge in [-0.05, 0) is 32.8 Å². The minimum absolute atomic E-state index is 0.0114. The number of aryl methyl sites for hydroxylation is 2. The molecule has 0 radical (unpaired) electrons. The second-order valence-electron chi connectivity index (χ2n) is 11.0. The summed E-state index contributed by atoms with van der Waals surface area (Å²) in [4.78, 5) is 37.1. The Kier molecular flexibility index (Phi) is 7.39. The maximum atomic E-state index is 14.0.